The molecule has 1 heterocycles. The van der Waals surface area contributed by atoms with Crippen molar-refractivity contribution in [2.75, 3.05) is 34.4 Å². The molecule has 9 heteroatoms. The van der Waals surface area contributed by atoms with E-state index in [0.717, 1.165) is 11.9 Å². The summed E-state index contributed by atoms with van der Waals surface area (Å²) >= 11 is 0. The first-order valence-corrected chi connectivity index (χ1v) is 9.43. The SMILES string of the molecule is COCCCNC(=O)CCn1cnc2cc(S(=O)(=O)N(C)C)ccc21. The molecule has 0 unspecified atom stereocenters. The molecule has 0 saturated heterocycles. The number of nitrogens with one attached hydrogen (secondary N) is 1. The van der Waals surface area contributed by atoms with Crippen LogP contribution in [0.3, 0.4) is 0 Å². The number of hydrogen-bond acceptors (Lipinski definition) is 5. The molecule has 0 aliphatic rings. The molecule has 0 fully saturated rings. The number of benzene rings is 1. The standard InChI is InChI=1S/C16H24N4O4S/c1-19(2)25(22,23)13-5-6-15-14(11-13)18-12-20(15)9-7-16(21)17-8-4-10-24-3/h5-6,11-12H,4,7-10H2,1-3H3,(H,17,21). The molecule has 0 aliphatic heterocycles. The van der Waals surface area contributed by atoms with Crippen LogP contribution in [-0.2, 0) is 26.1 Å². The van der Waals surface area contributed by atoms with Crippen LogP contribution in [0.2, 0.25) is 0 Å². The Bertz CT molecular complexity index is 830. The average Bonchev–Trinajstić information content (AvgIpc) is 2.99. The fourth-order valence-corrected chi connectivity index (χ4v) is 3.27. The van der Waals surface area contributed by atoms with Gasteiger partial charge in [0.15, 0.2) is 0 Å². The lowest BCUT2D eigenvalue weighted by atomic mass is 10.3. The highest BCUT2D eigenvalue weighted by atomic mass is 32.2. The maximum Gasteiger partial charge on any atom is 0.242 e. The molecule has 25 heavy (non-hydrogen) atoms. The Morgan fingerprint density at radius 3 is 2.80 bits per heavy atom. The minimum atomic E-state index is -3.49. The number of amides is 1. The zero-order valence-electron chi connectivity index (χ0n) is 14.7. The first kappa shape index (κ1) is 19.4. The molecule has 0 saturated carbocycles. The van der Waals surface area contributed by atoms with Crippen LogP contribution in [0.4, 0.5) is 0 Å². The van der Waals surface area contributed by atoms with E-state index in [1.54, 1.807) is 31.6 Å². The molecule has 0 aliphatic carbocycles. The Kier molecular flexibility index (Phi) is 6.51. The minimum absolute atomic E-state index is 0.0373. The summed E-state index contributed by atoms with van der Waals surface area (Å²) in [5.41, 5.74) is 1.38. The largest absolute Gasteiger partial charge is 0.385 e. The molecule has 1 N–H and O–H groups in total. The van der Waals surface area contributed by atoms with Gasteiger partial charge >= 0.3 is 0 Å². The maximum absolute atomic E-state index is 12.2. The number of hydrogen-bond donors (Lipinski definition) is 1. The van der Waals surface area contributed by atoms with Crippen LogP contribution in [-0.4, -0.2) is 62.5 Å². The third kappa shape index (κ3) is 4.77. The Hall–Kier alpha value is -1.97. The normalized spacial score (nSPS) is 12.0. The van der Waals surface area contributed by atoms with E-state index in [1.165, 1.54) is 18.4 Å². The molecule has 2 aromatic rings. The smallest absolute Gasteiger partial charge is 0.242 e. The molecule has 1 aromatic carbocycles. The molecule has 2 rings (SSSR count). The van der Waals surface area contributed by atoms with Crippen LogP contribution >= 0.6 is 0 Å². The van der Waals surface area contributed by atoms with Gasteiger partial charge in [-0.15, -0.1) is 0 Å². The van der Waals surface area contributed by atoms with Crippen molar-refractivity contribution >= 4 is 27.0 Å². The lowest BCUT2D eigenvalue weighted by Crippen LogP contribution is -2.26. The average molecular weight is 368 g/mol. The van der Waals surface area contributed by atoms with Crippen molar-refractivity contribution in [1.29, 1.82) is 0 Å². The van der Waals surface area contributed by atoms with Crippen molar-refractivity contribution in [3.8, 4) is 0 Å². The molecular weight excluding hydrogens is 344 g/mol. The minimum Gasteiger partial charge on any atom is -0.385 e. The van der Waals surface area contributed by atoms with Gasteiger partial charge in [-0.05, 0) is 24.6 Å². The van der Waals surface area contributed by atoms with E-state index in [4.69, 9.17) is 4.74 Å². The quantitative estimate of drug-likeness (QED) is 0.662. The van der Waals surface area contributed by atoms with Crippen LogP contribution < -0.4 is 5.32 Å². The van der Waals surface area contributed by atoms with Crippen LogP contribution in [0.15, 0.2) is 29.4 Å². The van der Waals surface area contributed by atoms with E-state index in [0.29, 0.717) is 31.6 Å². The number of aromatic nitrogens is 2. The number of carbonyl (C=O) groups is 1. The maximum atomic E-state index is 12.2. The summed E-state index contributed by atoms with van der Waals surface area (Å²) in [7, 11) is 1.11. The predicted molar refractivity (Wildman–Crippen MR) is 94.7 cm³/mol. The van der Waals surface area contributed by atoms with Crippen LogP contribution in [0.5, 0.6) is 0 Å². The third-order valence-electron chi connectivity index (χ3n) is 3.80. The Morgan fingerprint density at radius 2 is 2.12 bits per heavy atom. The summed E-state index contributed by atoms with van der Waals surface area (Å²) in [4.78, 5) is 16.3. The van der Waals surface area contributed by atoms with E-state index >= 15 is 0 Å². The highest BCUT2D eigenvalue weighted by molar-refractivity contribution is 7.89. The Morgan fingerprint density at radius 1 is 1.36 bits per heavy atom. The van der Waals surface area contributed by atoms with E-state index in [1.807, 2.05) is 4.57 Å². The van der Waals surface area contributed by atoms with Gasteiger partial charge in [0.2, 0.25) is 15.9 Å². The molecular formula is C16H24N4O4S. The number of nitrogens with zero attached hydrogens (tertiary/aromatic N) is 3. The molecule has 0 atom stereocenters. The monoisotopic (exact) mass is 368 g/mol. The second-order valence-corrected chi connectivity index (χ2v) is 7.97. The Labute approximate surface area is 147 Å². The lowest BCUT2D eigenvalue weighted by molar-refractivity contribution is -0.121. The van der Waals surface area contributed by atoms with E-state index in [-0.39, 0.29) is 10.8 Å². The van der Waals surface area contributed by atoms with Crippen molar-refractivity contribution in [1.82, 2.24) is 19.2 Å². The molecule has 8 nitrogen and oxygen atoms in total. The molecule has 1 amide bonds. The number of rotatable bonds is 9. The number of fused-ring (bicyclic) bond motifs is 1. The molecule has 0 radical (unpaired) electrons. The number of imidazole rings is 1. The molecule has 1 aromatic heterocycles. The van der Waals surface area contributed by atoms with Gasteiger partial charge in [-0.3, -0.25) is 4.79 Å². The highest BCUT2D eigenvalue weighted by Gasteiger charge is 2.18. The second kappa shape index (κ2) is 8.41. The van der Waals surface area contributed by atoms with E-state index < -0.39 is 10.0 Å². The third-order valence-corrected chi connectivity index (χ3v) is 5.61. The number of ether oxygens (including phenoxy) is 1. The van der Waals surface area contributed by atoms with Crippen molar-refractivity contribution in [2.24, 2.45) is 0 Å². The summed E-state index contributed by atoms with van der Waals surface area (Å²) in [6.45, 7) is 1.68. The van der Waals surface area contributed by atoms with E-state index in [2.05, 4.69) is 10.3 Å². The number of carbonyl (C=O) groups excluding carboxylic acids is 1. The van der Waals surface area contributed by atoms with Crippen LogP contribution in [0.25, 0.3) is 11.0 Å². The van der Waals surface area contributed by atoms with Gasteiger partial charge in [0, 0.05) is 47.3 Å². The van der Waals surface area contributed by atoms with Crippen molar-refractivity contribution in [2.45, 2.75) is 24.3 Å². The van der Waals surface area contributed by atoms with E-state index in [9.17, 15) is 13.2 Å². The van der Waals surface area contributed by atoms with Crippen molar-refractivity contribution in [3.63, 3.8) is 0 Å². The summed E-state index contributed by atoms with van der Waals surface area (Å²) in [5.74, 6) is -0.0373. The summed E-state index contributed by atoms with van der Waals surface area (Å²) in [5, 5.41) is 2.83. The van der Waals surface area contributed by atoms with Crippen molar-refractivity contribution in [3.05, 3.63) is 24.5 Å². The summed E-state index contributed by atoms with van der Waals surface area (Å²) in [6.07, 6.45) is 2.73. The zero-order valence-corrected chi connectivity index (χ0v) is 15.5. The zero-order chi connectivity index (χ0) is 18.4. The Balaban J connectivity index is 2.03. The molecule has 0 bridgehead atoms. The predicted octanol–water partition coefficient (Wildman–Crippen LogP) is 0.829. The first-order valence-electron chi connectivity index (χ1n) is 7.99. The lowest BCUT2D eigenvalue weighted by Gasteiger charge is -2.11. The first-order chi connectivity index (χ1) is 11.9. The van der Waals surface area contributed by atoms with Crippen LogP contribution in [0, 0.1) is 0 Å². The fraction of sp³-hybridized carbons (Fsp3) is 0.500. The topological polar surface area (TPSA) is 93.5 Å². The van der Waals surface area contributed by atoms with Crippen molar-refractivity contribution < 1.29 is 17.9 Å². The molecule has 138 valence electrons. The van der Waals surface area contributed by atoms with Gasteiger partial charge in [-0.25, -0.2) is 17.7 Å². The van der Waals surface area contributed by atoms with Gasteiger partial charge in [0.1, 0.15) is 0 Å². The van der Waals surface area contributed by atoms with Crippen LogP contribution in [0.1, 0.15) is 12.8 Å². The number of aryl methyl sites for hydroxylation is 1. The van der Waals surface area contributed by atoms with Gasteiger partial charge in [0.25, 0.3) is 0 Å². The van der Waals surface area contributed by atoms with Gasteiger partial charge < -0.3 is 14.6 Å². The number of sulfonamides is 1. The highest BCUT2D eigenvalue weighted by Crippen LogP contribution is 2.20. The molecule has 0 spiro atoms. The van der Waals surface area contributed by atoms with Gasteiger partial charge in [0.05, 0.1) is 22.3 Å². The number of methoxy groups -OCH3 is 1. The summed E-state index contributed by atoms with van der Waals surface area (Å²) < 4.78 is 32.3. The second-order valence-electron chi connectivity index (χ2n) is 5.82. The van der Waals surface area contributed by atoms with Gasteiger partial charge in [-0.1, -0.05) is 0 Å². The van der Waals surface area contributed by atoms with Gasteiger partial charge in [-0.2, -0.15) is 0 Å². The summed E-state index contributed by atoms with van der Waals surface area (Å²) in [6, 6.07) is 4.82. The fourth-order valence-electron chi connectivity index (χ4n) is 2.35.